The largest absolute Gasteiger partial charge is 0.120 e. The molecule has 0 radical (unpaired) electrons. The topological polar surface area (TPSA) is 0 Å². The Bertz CT molecular complexity index is 609. The van der Waals surface area contributed by atoms with Crippen LogP contribution in [0.5, 0.6) is 0 Å². The SMILES string of the molecule is CC1c2ccc(Cl)cc2CSc2c(Br)cccc21. The van der Waals surface area contributed by atoms with Crippen LogP contribution in [-0.2, 0) is 5.75 Å². The third kappa shape index (κ3) is 2.11. The summed E-state index contributed by atoms with van der Waals surface area (Å²) in [6, 6.07) is 12.7. The van der Waals surface area contributed by atoms with Crippen LogP contribution in [0.15, 0.2) is 45.8 Å². The summed E-state index contributed by atoms with van der Waals surface area (Å²) < 4.78 is 1.19. The number of rotatable bonds is 0. The van der Waals surface area contributed by atoms with E-state index in [9.17, 15) is 0 Å². The summed E-state index contributed by atoms with van der Waals surface area (Å²) in [6.45, 7) is 2.27. The fraction of sp³-hybridized carbons (Fsp3) is 0.200. The van der Waals surface area contributed by atoms with Crippen LogP contribution in [0.1, 0.15) is 29.5 Å². The summed E-state index contributed by atoms with van der Waals surface area (Å²) in [6.07, 6.45) is 0. The number of thioether (sulfide) groups is 1. The van der Waals surface area contributed by atoms with E-state index < -0.39 is 0 Å². The smallest absolute Gasteiger partial charge is 0.0409 e. The van der Waals surface area contributed by atoms with Gasteiger partial charge >= 0.3 is 0 Å². The summed E-state index contributed by atoms with van der Waals surface area (Å²) in [7, 11) is 0. The average molecular weight is 340 g/mol. The molecule has 3 heteroatoms. The average Bonchev–Trinajstić information content (AvgIpc) is 2.49. The van der Waals surface area contributed by atoms with Crippen molar-refractivity contribution >= 4 is 39.3 Å². The molecule has 0 aliphatic carbocycles. The van der Waals surface area contributed by atoms with Gasteiger partial charge in [0.25, 0.3) is 0 Å². The minimum atomic E-state index is 0.416. The molecular weight excluding hydrogens is 328 g/mol. The lowest BCUT2D eigenvalue weighted by Gasteiger charge is -2.15. The van der Waals surface area contributed by atoms with Crippen LogP contribution in [0.3, 0.4) is 0 Å². The molecule has 1 atom stereocenters. The van der Waals surface area contributed by atoms with Crippen LogP contribution in [0.4, 0.5) is 0 Å². The highest BCUT2D eigenvalue weighted by molar-refractivity contribution is 9.10. The maximum absolute atomic E-state index is 6.10. The van der Waals surface area contributed by atoms with E-state index in [0.29, 0.717) is 5.92 Å². The Labute approximate surface area is 125 Å². The maximum Gasteiger partial charge on any atom is 0.0409 e. The lowest BCUT2D eigenvalue weighted by molar-refractivity contribution is 0.887. The van der Waals surface area contributed by atoms with E-state index in [2.05, 4.69) is 53.2 Å². The van der Waals surface area contributed by atoms with Gasteiger partial charge in [0.15, 0.2) is 0 Å². The molecule has 18 heavy (non-hydrogen) atoms. The molecule has 1 aliphatic rings. The Morgan fingerprint density at radius 1 is 1.22 bits per heavy atom. The Morgan fingerprint density at radius 2 is 2.06 bits per heavy atom. The highest BCUT2D eigenvalue weighted by Crippen LogP contribution is 2.43. The molecule has 1 heterocycles. The summed E-state index contributed by atoms with van der Waals surface area (Å²) in [5, 5.41) is 0.826. The lowest BCUT2D eigenvalue weighted by Crippen LogP contribution is -1.98. The molecule has 1 aliphatic heterocycles. The van der Waals surface area contributed by atoms with Crippen LogP contribution in [0.2, 0.25) is 5.02 Å². The van der Waals surface area contributed by atoms with Gasteiger partial charge in [-0.05, 0) is 50.8 Å². The molecule has 92 valence electrons. The molecule has 0 saturated carbocycles. The van der Waals surface area contributed by atoms with Crippen molar-refractivity contribution in [2.24, 2.45) is 0 Å². The summed E-state index contributed by atoms with van der Waals surface area (Å²) in [4.78, 5) is 1.36. The van der Waals surface area contributed by atoms with Crippen LogP contribution in [0.25, 0.3) is 0 Å². The van der Waals surface area contributed by atoms with Gasteiger partial charge < -0.3 is 0 Å². The number of hydrogen-bond acceptors (Lipinski definition) is 1. The third-order valence-corrected chi connectivity index (χ3v) is 5.77. The van der Waals surface area contributed by atoms with Crippen LogP contribution >= 0.6 is 39.3 Å². The van der Waals surface area contributed by atoms with E-state index in [4.69, 9.17) is 11.6 Å². The predicted octanol–water partition coefficient (Wildman–Crippen LogP) is 5.86. The lowest BCUT2D eigenvalue weighted by atomic mass is 9.90. The van der Waals surface area contributed by atoms with Gasteiger partial charge in [-0.15, -0.1) is 11.8 Å². The molecule has 0 bridgehead atoms. The third-order valence-electron chi connectivity index (χ3n) is 3.41. The van der Waals surface area contributed by atoms with Crippen LogP contribution in [-0.4, -0.2) is 0 Å². The highest BCUT2D eigenvalue weighted by atomic mass is 79.9. The van der Waals surface area contributed by atoms with Crippen molar-refractivity contribution in [2.75, 3.05) is 0 Å². The molecular formula is C15H12BrClS. The van der Waals surface area contributed by atoms with E-state index in [1.807, 2.05) is 17.8 Å². The molecule has 0 fully saturated rings. The molecule has 0 amide bonds. The van der Waals surface area contributed by atoms with Gasteiger partial charge in [-0.25, -0.2) is 0 Å². The summed E-state index contributed by atoms with van der Waals surface area (Å²) in [5.74, 6) is 1.40. The first-order valence-corrected chi connectivity index (χ1v) is 8.02. The predicted molar refractivity (Wildman–Crippen MR) is 82.7 cm³/mol. The van der Waals surface area contributed by atoms with E-state index in [1.54, 1.807) is 0 Å². The molecule has 1 unspecified atom stereocenters. The Kier molecular flexibility index (Phi) is 3.44. The minimum absolute atomic E-state index is 0.416. The van der Waals surface area contributed by atoms with Gasteiger partial charge in [-0.2, -0.15) is 0 Å². The summed E-state index contributed by atoms with van der Waals surface area (Å²) >= 11 is 11.6. The Morgan fingerprint density at radius 3 is 2.89 bits per heavy atom. The fourth-order valence-corrected chi connectivity index (χ4v) is 4.54. The van der Waals surface area contributed by atoms with Gasteiger partial charge in [-0.3, -0.25) is 0 Å². The second-order valence-corrected chi connectivity index (χ2v) is 6.79. The second-order valence-electron chi connectivity index (χ2n) is 4.51. The van der Waals surface area contributed by atoms with Crippen molar-refractivity contribution in [1.29, 1.82) is 0 Å². The summed E-state index contributed by atoms with van der Waals surface area (Å²) in [5.41, 5.74) is 4.14. The van der Waals surface area contributed by atoms with E-state index >= 15 is 0 Å². The van der Waals surface area contributed by atoms with Gasteiger partial charge in [0.2, 0.25) is 0 Å². The first kappa shape index (κ1) is 12.6. The van der Waals surface area contributed by atoms with Crippen molar-refractivity contribution in [1.82, 2.24) is 0 Å². The molecule has 0 aromatic heterocycles. The number of benzene rings is 2. The normalized spacial score (nSPS) is 17.8. The van der Waals surface area contributed by atoms with Crippen molar-refractivity contribution in [3.63, 3.8) is 0 Å². The van der Waals surface area contributed by atoms with Crippen molar-refractivity contribution in [2.45, 2.75) is 23.5 Å². The van der Waals surface area contributed by atoms with Gasteiger partial charge in [0.05, 0.1) is 0 Å². The van der Waals surface area contributed by atoms with Crippen molar-refractivity contribution in [3.8, 4) is 0 Å². The maximum atomic E-state index is 6.10. The zero-order valence-electron chi connectivity index (χ0n) is 9.91. The minimum Gasteiger partial charge on any atom is -0.120 e. The van der Waals surface area contributed by atoms with Crippen molar-refractivity contribution in [3.05, 3.63) is 62.6 Å². The van der Waals surface area contributed by atoms with Crippen LogP contribution < -0.4 is 0 Å². The first-order chi connectivity index (χ1) is 8.66. The van der Waals surface area contributed by atoms with Gasteiger partial charge in [-0.1, -0.05) is 36.7 Å². The van der Waals surface area contributed by atoms with E-state index in [1.165, 1.54) is 26.1 Å². The molecule has 0 saturated heterocycles. The Balaban J connectivity index is 2.18. The quantitative estimate of drug-likeness (QED) is 0.579. The highest BCUT2D eigenvalue weighted by Gasteiger charge is 2.21. The van der Waals surface area contributed by atoms with Gasteiger partial charge in [0.1, 0.15) is 0 Å². The Hall–Kier alpha value is -0.440. The fourth-order valence-electron chi connectivity index (χ4n) is 2.46. The standard InChI is InChI=1S/C15H12BrClS/c1-9-12-6-5-11(17)7-10(12)8-18-15-13(9)3-2-4-14(15)16/h2-7,9H,8H2,1H3. The number of hydrogen-bond donors (Lipinski definition) is 0. The van der Waals surface area contributed by atoms with E-state index in [0.717, 1.165) is 10.8 Å². The second kappa shape index (κ2) is 4.92. The number of halogens is 2. The molecule has 2 aromatic carbocycles. The molecule has 3 rings (SSSR count). The molecule has 2 aromatic rings. The van der Waals surface area contributed by atoms with E-state index in [-0.39, 0.29) is 0 Å². The van der Waals surface area contributed by atoms with Crippen LogP contribution in [0, 0.1) is 0 Å². The molecule has 0 N–H and O–H groups in total. The number of fused-ring (bicyclic) bond motifs is 2. The molecule has 0 spiro atoms. The zero-order chi connectivity index (χ0) is 12.7. The first-order valence-electron chi connectivity index (χ1n) is 5.86. The van der Waals surface area contributed by atoms with Gasteiger partial charge in [0, 0.05) is 26.1 Å². The monoisotopic (exact) mass is 338 g/mol. The molecule has 0 nitrogen and oxygen atoms in total. The van der Waals surface area contributed by atoms with Crippen molar-refractivity contribution < 1.29 is 0 Å². The zero-order valence-corrected chi connectivity index (χ0v) is 13.1.